The molecule has 1 atom stereocenters. The van der Waals surface area contributed by atoms with E-state index < -0.39 is 0 Å². The normalized spacial score (nSPS) is 18.1. The molecule has 1 heterocycles. The predicted octanol–water partition coefficient (Wildman–Crippen LogP) is 2.42. The summed E-state index contributed by atoms with van der Waals surface area (Å²) in [4.78, 5) is 24.7. The number of nitrogens with zero attached hydrogens (tertiary/aromatic N) is 1. The largest absolute Gasteiger partial charge is 0.370 e. The van der Waals surface area contributed by atoms with Gasteiger partial charge in [-0.25, -0.2) is 0 Å². The molecule has 0 aromatic heterocycles. The summed E-state index contributed by atoms with van der Waals surface area (Å²) in [5.41, 5.74) is 0.897. The summed E-state index contributed by atoms with van der Waals surface area (Å²) in [6, 6.07) is 5.34. The minimum Gasteiger partial charge on any atom is -0.370 e. The van der Waals surface area contributed by atoms with Gasteiger partial charge >= 0.3 is 0 Å². The van der Waals surface area contributed by atoms with E-state index in [4.69, 9.17) is 27.9 Å². The first kappa shape index (κ1) is 17.1. The Kier molecular flexibility index (Phi) is 6.06. The van der Waals surface area contributed by atoms with Crippen LogP contribution in [0.15, 0.2) is 18.2 Å². The summed E-state index contributed by atoms with van der Waals surface area (Å²) in [7, 11) is 0. The van der Waals surface area contributed by atoms with Crippen LogP contribution in [0.5, 0.6) is 0 Å². The predicted molar refractivity (Wildman–Crippen MR) is 85.0 cm³/mol. The van der Waals surface area contributed by atoms with Gasteiger partial charge in [0.05, 0.1) is 23.2 Å². The van der Waals surface area contributed by atoms with Gasteiger partial charge in [-0.3, -0.25) is 9.59 Å². The molecule has 7 heteroatoms. The Balaban J connectivity index is 1.94. The maximum Gasteiger partial charge on any atom is 0.224 e. The fourth-order valence-corrected chi connectivity index (χ4v) is 2.60. The number of morpholine rings is 1. The first-order chi connectivity index (χ1) is 10.5. The van der Waals surface area contributed by atoms with Crippen LogP contribution >= 0.6 is 23.2 Å². The first-order valence-corrected chi connectivity index (χ1v) is 7.81. The third-order valence-electron chi connectivity index (χ3n) is 3.45. The zero-order valence-electron chi connectivity index (χ0n) is 12.3. The molecule has 0 aliphatic carbocycles. The molecule has 0 unspecified atom stereocenters. The van der Waals surface area contributed by atoms with Crippen LogP contribution in [-0.2, 0) is 14.3 Å². The second-order valence-corrected chi connectivity index (χ2v) is 5.92. The number of nitrogens with one attached hydrogen (secondary N) is 1. The van der Waals surface area contributed by atoms with Crippen LogP contribution < -0.4 is 5.32 Å². The highest BCUT2D eigenvalue weighted by Crippen LogP contribution is 2.29. The fourth-order valence-electron chi connectivity index (χ4n) is 2.29. The molecular formula is C15H18Cl2N2O3. The van der Waals surface area contributed by atoms with Crippen LogP contribution in [0.2, 0.25) is 10.0 Å². The highest BCUT2D eigenvalue weighted by atomic mass is 35.5. The van der Waals surface area contributed by atoms with E-state index in [1.54, 1.807) is 17.0 Å². The van der Waals surface area contributed by atoms with Crippen LogP contribution in [0.1, 0.15) is 25.0 Å². The van der Waals surface area contributed by atoms with Gasteiger partial charge in [-0.15, -0.1) is 0 Å². The molecule has 0 bridgehead atoms. The molecule has 1 aliphatic heterocycles. The van der Waals surface area contributed by atoms with Crippen molar-refractivity contribution < 1.29 is 14.3 Å². The minimum absolute atomic E-state index is 0.00195. The average molecular weight is 345 g/mol. The number of halogens is 2. The molecule has 2 rings (SSSR count). The molecule has 2 amide bonds. The molecule has 1 fully saturated rings. The van der Waals surface area contributed by atoms with E-state index in [2.05, 4.69) is 5.32 Å². The van der Waals surface area contributed by atoms with Crippen LogP contribution in [0.4, 0.5) is 0 Å². The number of ether oxygens (including phenoxy) is 1. The zero-order valence-corrected chi connectivity index (χ0v) is 13.8. The number of carbonyl (C=O) groups is 2. The molecule has 1 aromatic rings. The third kappa shape index (κ3) is 4.60. The van der Waals surface area contributed by atoms with Crippen molar-refractivity contribution in [3.8, 4) is 0 Å². The van der Waals surface area contributed by atoms with E-state index in [1.165, 1.54) is 6.92 Å². The molecule has 0 spiro atoms. The lowest BCUT2D eigenvalue weighted by Crippen LogP contribution is -2.43. The standard InChI is InChI=1S/C15H18Cl2N2O3/c1-10(20)18-5-4-15(21)19-6-7-22-14(9-19)11-2-3-12(16)13(17)8-11/h2-3,8,14H,4-7,9H2,1H3,(H,18,20)/t14-/m1/s1. The fraction of sp³-hybridized carbons (Fsp3) is 0.467. The van der Waals surface area contributed by atoms with Crippen molar-refractivity contribution >= 4 is 35.0 Å². The summed E-state index contributed by atoms with van der Waals surface area (Å²) in [5, 5.41) is 3.58. The summed E-state index contributed by atoms with van der Waals surface area (Å²) in [5.74, 6) is -0.134. The van der Waals surface area contributed by atoms with Crippen LogP contribution in [0, 0.1) is 0 Å². The Morgan fingerprint density at radius 2 is 2.14 bits per heavy atom. The third-order valence-corrected chi connectivity index (χ3v) is 4.19. The maximum atomic E-state index is 12.1. The minimum atomic E-state index is -0.215. The number of rotatable bonds is 4. The lowest BCUT2D eigenvalue weighted by molar-refractivity contribution is -0.139. The maximum absolute atomic E-state index is 12.1. The van der Waals surface area contributed by atoms with Crippen molar-refractivity contribution in [3.63, 3.8) is 0 Å². The summed E-state index contributed by atoms with van der Waals surface area (Å²) in [6.45, 7) is 3.27. The molecule has 1 N–H and O–H groups in total. The smallest absolute Gasteiger partial charge is 0.224 e. The van der Waals surface area contributed by atoms with Crippen molar-refractivity contribution in [2.45, 2.75) is 19.4 Å². The number of benzene rings is 1. The van der Waals surface area contributed by atoms with Gasteiger partial charge in [-0.1, -0.05) is 29.3 Å². The Hall–Kier alpha value is -1.30. The van der Waals surface area contributed by atoms with Crippen LogP contribution in [0.3, 0.4) is 0 Å². The number of amides is 2. The molecular weight excluding hydrogens is 327 g/mol. The van der Waals surface area contributed by atoms with Crippen LogP contribution in [-0.4, -0.2) is 43.0 Å². The Morgan fingerprint density at radius 3 is 2.82 bits per heavy atom. The first-order valence-electron chi connectivity index (χ1n) is 7.06. The van der Waals surface area contributed by atoms with Crippen molar-refractivity contribution in [1.82, 2.24) is 10.2 Å². The summed E-state index contributed by atoms with van der Waals surface area (Å²) >= 11 is 11.9. The van der Waals surface area contributed by atoms with E-state index in [0.29, 0.717) is 36.3 Å². The van der Waals surface area contributed by atoms with E-state index in [-0.39, 0.29) is 24.3 Å². The average Bonchev–Trinajstić information content (AvgIpc) is 2.49. The van der Waals surface area contributed by atoms with Crippen molar-refractivity contribution in [2.24, 2.45) is 0 Å². The quantitative estimate of drug-likeness (QED) is 0.912. The van der Waals surface area contributed by atoms with Gasteiger partial charge in [0.2, 0.25) is 11.8 Å². The second kappa shape index (κ2) is 7.81. The Bertz CT molecular complexity index is 566. The van der Waals surface area contributed by atoms with Gasteiger partial charge in [-0.05, 0) is 17.7 Å². The Morgan fingerprint density at radius 1 is 1.36 bits per heavy atom. The molecule has 120 valence electrons. The number of hydrogen-bond donors (Lipinski definition) is 1. The van der Waals surface area contributed by atoms with E-state index >= 15 is 0 Å². The van der Waals surface area contributed by atoms with Crippen molar-refractivity contribution in [2.75, 3.05) is 26.2 Å². The van der Waals surface area contributed by atoms with Gasteiger partial charge < -0.3 is 15.0 Å². The van der Waals surface area contributed by atoms with Gasteiger partial charge in [0.25, 0.3) is 0 Å². The second-order valence-electron chi connectivity index (χ2n) is 5.11. The van der Waals surface area contributed by atoms with Crippen molar-refractivity contribution in [3.05, 3.63) is 33.8 Å². The van der Waals surface area contributed by atoms with E-state index in [1.807, 2.05) is 6.07 Å². The molecule has 0 radical (unpaired) electrons. The monoisotopic (exact) mass is 344 g/mol. The summed E-state index contributed by atoms with van der Waals surface area (Å²) in [6.07, 6.45) is 0.0708. The molecule has 1 aromatic carbocycles. The highest BCUT2D eigenvalue weighted by Gasteiger charge is 2.25. The molecule has 1 aliphatic rings. The Labute approximate surface area is 139 Å². The van der Waals surface area contributed by atoms with Gasteiger partial charge in [-0.2, -0.15) is 0 Å². The zero-order chi connectivity index (χ0) is 16.1. The van der Waals surface area contributed by atoms with E-state index in [0.717, 1.165) is 5.56 Å². The molecule has 1 saturated heterocycles. The van der Waals surface area contributed by atoms with Gasteiger partial charge in [0.15, 0.2) is 0 Å². The van der Waals surface area contributed by atoms with Crippen LogP contribution in [0.25, 0.3) is 0 Å². The topological polar surface area (TPSA) is 58.6 Å². The number of carbonyl (C=O) groups excluding carboxylic acids is 2. The number of hydrogen-bond acceptors (Lipinski definition) is 3. The SMILES string of the molecule is CC(=O)NCCC(=O)N1CCO[C@@H](c2ccc(Cl)c(Cl)c2)C1. The van der Waals surface area contributed by atoms with Crippen molar-refractivity contribution in [1.29, 1.82) is 0 Å². The van der Waals surface area contributed by atoms with Gasteiger partial charge in [0, 0.05) is 26.4 Å². The lowest BCUT2D eigenvalue weighted by Gasteiger charge is -2.33. The molecule has 5 nitrogen and oxygen atoms in total. The highest BCUT2D eigenvalue weighted by molar-refractivity contribution is 6.42. The molecule has 22 heavy (non-hydrogen) atoms. The lowest BCUT2D eigenvalue weighted by atomic mass is 10.1. The van der Waals surface area contributed by atoms with Gasteiger partial charge in [0.1, 0.15) is 6.10 Å². The van der Waals surface area contributed by atoms with E-state index in [9.17, 15) is 9.59 Å². The molecule has 0 saturated carbocycles. The summed E-state index contributed by atoms with van der Waals surface area (Å²) < 4.78 is 5.72.